The lowest BCUT2D eigenvalue weighted by Gasteiger charge is -2.06. The van der Waals surface area contributed by atoms with Gasteiger partial charge in [-0.1, -0.05) is 0 Å². The maximum absolute atomic E-state index is 10.8. The molecule has 0 aliphatic heterocycles. The van der Waals surface area contributed by atoms with Crippen molar-refractivity contribution >= 4 is 17.1 Å². The second kappa shape index (κ2) is 5.09. The van der Waals surface area contributed by atoms with Crippen LogP contribution in [0.2, 0.25) is 0 Å². The minimum atomic E-state index is -1.40. The zero-order valence-corrected chi connectivity index (χ0v) is 9.66. The number of benzene rings is 1. The van der Waals surface area contributed by atoms with Gasteiger partial charge in [0, 0.05) is 6.07 Å². The van der Waals surface area contributed by atoms with Crippen LogP contribution < -0.4 is 5.12 Å². The summed E-state index contributed by atoms with van der Waals surface area (Å²) in [5.74, 6) is 0. The molecule has 1 aromatic carbocycles. The highest BCUT2D eigenvalue weighted by Gasteiger charge is 2.38. The van der Waals surface area contributed by atoms with Gasteiger partial charge >= 0.3 is 11.4 Å². The van der Waals surface area contributed by atoms with Crippen molar-refractivity contribution in [2.75, 3.05) is 5.12 Å². The molecule has 0 aromatic heterocycles. The summed E-state index contributed by atoms with van der Waals surface area (Å²) < 4.78 is 0. The SMILES string of the molecule is Cc1c(N([N+](=O)[O-])[N+](=O)[O-])ccc([N+](=O)[O-])c1[N+](=O)[O-]. The molecule has 0 N–H and O–H groups in total. The molecule has 0 heterocycles. The number of hydrazine groups is 2. The van der Waals surface area contributed by atoms with E-state index in [1.807, 2.05) is 0 Å². The number of anilines is 1. The first-order valence-corrected chi connectivity index (χ1v) is 4.69. The van der Waals surface area contributed by atoms with Crippen LogP contribution in [-0.2, 0) is 0 Å². The summed E-state index contributed by atoms with van der Waals surface area (Å²) in [6.45, 7) is 0.945. The number of nitro benzene ring substituents is 2. The summed E-state index contributed by atoms with van der Waals surface area (Å²) in [6, 6.07) is 1.30. The molecule has 20 heavy (non-hydrogen) atoms. The minimum Gasteiger partial charge on any atom is -0.258 e. The third-order valence-electron chi connectivity index (χ3n) is 2.29. The van der Waals surface area contributed by atoms with E-state index in [0.29, 0.717) is 12.1 Å². The third kappa shape index (κ3) is 2.40. The van der Waals surface area contributed by atoms with Crippen molar-refractivity contribution in [1.82, 2.24) is 0 Å². The zero-order valence-electron chi connectivity index (χ0n) is 9.66. The van der Waals surface area contributed by atoms with Gasteiger partial charge in [0.15, 0.2) is 10.8 Å². The molecule has 0 amide bonds. The normalized spacial score (nSPS) is 9.85. The molecule has 0 radical (unpaired) electrons. The number of hydrogen-bond donors (Lipinski definition) is 0. The first-order valence-electron chi connectivity index (χ1n) is 4.69. The van der Waals surface area contributed by atoms with Gasteiger partial charge in [-0.3, -0.25) is 20.2 Å². The van der Waals surface area contributed by atoms with Crippen molar-refractivity contribution in [3.05, 3.63) is 58.2 Å². The lowest BCUT2D eigenvalue weighted by Crippen LogP contribution is -2.36. The van der Waals surface area contributed by atoms with E-state index in [1.165, 1.54) is 0 Å². The molecule has 0 atom stereocenters. The van der Waals surface area contributed by atoms with Crippen molar-refractivity contribution in [1.29, 1.82) is 0 Å². The fourth-order valence-corrected chi connectivity index (χ4v) is 1.51. The standard InChI is InChI=1S/C7H5N5O8/c1-4-5(8(11(17)18)12(19)20)2-3-6(9(13)14)7(4)10(15)16/h2-3H,1H3. The fraction of sp³-hybridized carbons (Fsp3) is 0.143. The summed E-state index contributed by atoms with van der Waals surface area (Å²) in [7, 11) is 0. The van der Waals surface area contributed by atoms with E-state index < -0.39 is 47.7 Å². The molecule has 13 nitrogen and oxygen atoms in total. The van der Waals surface area contributed by atoms with E-state index in [2.05, 4.69) is 0 Å². The molecular formula is C7H5N5O8. The number of nitrogens with zero attached hydrogens (tertiary/aromatic N) is 5. The fourth-order valence-electron chi connectivity index (χ4n) is 1.51. The molecule has 0 saturated heterocycles. The van der Waals surface area contributed by atoms with E-state index >= 15 is 0 Å². The molecule has 0 aliphatic rings. The van der Waals surface area contributed by atoms with Crippen LogP contribution in [0, 0.1) is 47.4 Å². The lowest BCUT2D eigenvalue weighted by molar-refractivity contribution is -0.712. The van der Waals surface area contributed by atoms with E-state index in [1.54, 1.807) is 0 Å². The summed E-state index contributed by atoms with van der Waals surface area (Å²) in [5.41, 5.74) is -3.25. The van der Waals surface area contributed by atoms with Crippen molar-refractivity contribution in [3.8, 4) is 0 Å². The highest BCUT2D eigenvalue weighted by Crippen LogP contribution is 2.36. The molecule has 0 aliphatic carbocycles. The molecule has 0 unspecified atom stereocenters. The highest BCUT2D eigenvalue weighted by molar-refractivity contribution is 5.68. The first kappa shape index (κ1) is 14.7. The number of nitro groups is 4. The molecular weight excluding hydrogens is 282 g/mol. The van der Waals surface area contributed by atoms with Crippen LogP contribution in [0.4, 0.5) is 17.1 Å². The Kier molecular flexibility index (Phi) is 3.73. The highest BCUT2D eigenvalue weighted by atomic mass is 16.8. The number of rotatable bonds is 5. The molecule has 1 rings (SSSR count). The van der Waals surface area contributed by atoms with Crippen molar-refractivity contribution in [3.63, 3.8) is 0 Å². The molecule has 106 valence electrons. The summed E-state index contributed by atoms with van der Waals surface area (Å²) in [6.07, 6.45) is 0. The van der Waals surface area contributed by atoms with Gasteiger partial charge in [-0.2, -0.15) is 0 Å². The Bertz CT molecular complexity index is 614. The predicted molar refractivity (Wildman–Crippen MR) is 61.0 cm³/mol. The maximum atomic E-state index is 10.8. The van der Waals surface area contributed by atoms with Crippen molar-refractivity contribution < 1.29 is 19.9 Å². The topological polar surface area (TPSA) is 176 Å². The average molecular weight is 287 g/mol. The Balaban J connectivity index is 3.64. The lowest BCUT2D eigenvalue weighted by atomic mass is 10.1. The van der Waals surface area contributed by atoms with Gasteiger partial charge in [0.2, 0.25) is 10.1 Å². The van der Waals surface area contributed by atoms with Gasteiger partial charge in [0.1, 0.15) is 0 Å². The summed E-state index contributed by atoms with van der Waals surface area (Å²) in [4.78, 5) is 40.4. The van der Waals surface area contributed by atoms with Crippen molar-refractivity contribution in [2.45, 2.75) is 6.92 Å². The largest absolute Gasteiger partial charge is 0.351 e. The van der Waals surface area contributed by atoms with Crippen LogP contribution in [-0.4, -0.2) is 19.9 Å². The van der Waals surface area contributed by atoms with E-state index in [9.17, 15) is 40.5 Å². The molecule has 13 heteroatoms. The van der Waals surface area contributed by atoms with Gasteiger partial charge in [0.25, 0.3) is 0 Å². The minimum absolute atomic E-state index is 0.550. The van der Waals surface area contributed by atoms with Crippen LogP contribution in [0.15, 0.2) is 12.1 Å². The van der Waals surface area contributed by atoms with Crippen LogP contribution in [0.5, 0.6) is 0 Å². The van der Waals surface area contributed by atoms with Gasteiger partial charge < -0.3 is 0 Å². The Labute approximate surface area is 108 Å². The van der Waals surface area contributed by atoms with Gasteiger partial charge in [-0.15, -0.1) is 0 Å². The van der Waals surface area contributed by atoms with E-state index in [-0.39, 0.29) is 0 Å². The number of hydrogen-bond acceptors (Lipinski definition) is 8. The molecule has 0 spiro atoms. The molecule has 0 saturated carbocycles. The Morgan fingerprint density at radius 2 is 1.40 bits per heavy atom. The van der Waals surface area contributed by atoms with E-state index in [0.717, 1.165) is 6.92 Å². The van der Waals surface area contributed by atoms with Gasteiger partial charge in [0.05, 0.1) is 15.4 Å². The summed E-state index contributed by atoms with van der Waals surface area (Å²) in [5, 5.41) is 39.3. The van der Waals surface area contributed by atoms with Gasteiger partial charge in [-0.25, -0.2) is 20.2 Å². The van der Waals surface area contributed by atoms with Crippen LogP contribution >= 0.6 is 0 Å². The molecule has 1 aromatic rings. The van der Waals surface area contributed by atoms with Crippen molar-refractivity contribution in [2.24, 2.45) is 0 Å². The Morgan fingerprint density at radius 1 is 0.900 bits per heavy atom. The molecule has 0 bridgehead atoms. The van der Waals surface area contributed by atoms with Crippen LogP contribution in [0.25, 0.3) is 0 Å². The third-order valence-corrected chi connectivity index (χ3v) is 2.29. The second-order valence-corrected chi connectivity index (χ2v) is 3.36. The Hall–Kier alpha value is -3.38. The smallest absolute Gasteiger partial charge is 0.258 e. The van der Waals surface area contributed by atoms with Crippen LogP contribution in [0.3, 0.4) is 0 Å². The maximum Gasteiger partial charge on any atom is 0.351 e. The average Bonchev–Trinajstić information content (AvgIpc) is 2.29. The zero-order chi connectivity index (χ0) is 15.6. The quantitative estimate of drug-likeness (QED) is 0.564. The monoisotopic (exact) mass is 287 g/mol. The van der Waals surface area contributed by atoms with E-state index in [4.69, 9.17) is 0 Å². The molecule has 0 fully saturated rings. The first-order chi connectivity index (χ1) is 9.18. The summed E-state index contributed by atoms with van der Waals surface area (Å²) >= 11 is 0. The Morgan fingerprint density at radius 3 is 1.75 bits per heavy atom. The van der Waals surface area contributed by atoms with Gasteiger partial charge in [-0.05, 0) is 13.0 Å². The van der Waals surface area contributed by atoms with Crippen LogP contribution in [0.1, 0.15) is 5.56 Å². The second-order valence-electron chi connectivity index (χ2n) is 3.36. The predicted octanol–water partition coefficient (Wildman–Crippen LogP) is 1.00.